The number of pyridine rings is 1. The highest BCUT2D eigenvalue weighted by atomic mass is 79.9. The van der Waals surface area contributed by atoms with Crippen LogP contribution in [0.15, 0.2) is 12.1 Å². The summed E-state index contributed by atoms with van der Waals surface area (Å²) in [6.45, 7) is 1.76. The standard InChI is InChI=1S/C10H15BrN2O2/c1-6-7(2-3-9(12)13-6)10(15)8(14)4-5-11/h2-3,8,10,14-15H,4-5H2,1H3,(H2,12,13). The number of halogens is 1. The van der Waals surface area contributed by atoms with Crippen molar-refractivity contribution in [3.05, 3.63) is 23.4 Å². The van der Waals surface area contributed by atoms with Gasteiger partial charge in [-0.05, 0) is 19.4 Å². The summed E-state index contributed by atoms with van der Waals surface area (Å²) in [7, 11) is 0. The number of hydrogen-bond acceptors (Lipinski definition) is 4. The topological polar surface area (TPSA) is 79.4 Å². The first kappa shape index (κ1) is 12.4. The van der Waals surface area contributed by atoms with Crippen LogP contribution in [0.2, 0.25) is 0 Å². The number of aryl methyl sites for hydroxylation is 1. The Bertz CT molecular complexity index is 333. The van der Waals surface area contributed by atoms with E-state index in [-0.39, 0.29) is 0 Å². The Hall–Kier alpha value is -0.650. The lowest BCUT2D eigenvalue weighted by Gasteiger charge is -2.18. The van der Waals surface area contributed by atoms with Crippen molar-refractivity contribution in [3.8, 4) is 0 Å². The van der Waals surface area contributed by atoms with E-state index in [9.17, 15) is 10.2 Å². The van der Waals surface area contributed by atoms with Crippen LogP contribution < -0.4 is 5.73 Å². The highest BCUT2D eigenvalue weighted by molar-refractivity contribution is 9.09. The van der Waals surface area contributed by atoms with Crippen LogP contribution in [0, 0.1) is 6.92 Å². The van der Waals surface area contributed by atoms with E-state index in [1.54, 1.807) is 19.1 Å². The fraction of sp³-hybridized carbons (Fsp3) is 0.500. The Labute approximate surface area is 97.3 Å². The van der Waals surface area contributed by atoms with Crippen molar-refractivity contribution in [3.63, 3.8) is 0 Å². The Morgan fingerprint density at radius 2 is 2.13 bits per heavy atom. The van der Waals surface area contributed by atoms with E-state index < -0.39 is 12.2 Å². The van der Waals surface area contributed by atoms with E-state index in [2.05, 4.69) is 20.9 Å². The molecule has 5 heteroatoms. The average Bonchev–Trinajstić information content (AvgIpc) is 2.17. The SMILES string of the molecule is Cc1nc(N)ccc1C(O)C(O)CCBr. The maximum absolute atomic E-state index is 9.84. The van der Waals surface area contributed by atoms with E-state index in [4.69, 9.17) is 5.73 Å². The maximum atomic E-state index is 9.84. The fourth-order valence-electron chi connectivity index (χ4n) is 1.38. The molecule has 1 heterocycles. The molecular formula is C10H15BrN2O2. The molecule has 2 atom stereocenters. The van der Waals surface area contributed by atoms with Crippen LogP contribution in [0.4, 0.5) is 5.82 Å². The van der Waals surface area contributed by atoms with Gasteiger partial charge in [0.1, 0.15) is 11.9 Å². The number of aliphatic hydroxyl groups is 2. The summed E-state index contributed by atoms with van der Waals surface area (Å²) in [4.78, 5) is 4.03. The molecule has 1 aromatic rings. The summed E-state index contributed by atoms with van der Waals surface area (Å²) in [6, 6.07) is 3.31. The molecule has 2 unspecified atom stereocenters. The molecule has 84 valence electrons. The summed E-state index contributed by atoms with van der Waals surface area (Å²) in [5, 5.41) is 20.1. The van der Waals surface area contributed by atoms with Crippen LogP contribution in [-0.2, 0) is 0 Å². The summed E-state index contributed by atoms with van der Waals surface area (Å²) >= 11 is 3.21. The molecule has 0 aliphatic carbocycles. The van der Waals surface area contributed by atoms with Gasteiger partial charge in [0.25, 0.3) is 0 Å². The molecule has 0 radical (unpaired) electrons. The van der Waals surface area contributed by atoms with Crippen LogP contribution in [-0.4, -0.2) is 26.6 Å². The minimum Gasteiger partial charge on any atom is -0.390 e. The van der Waals surface area contributed by atoms with Crippen LogP contribution in [0.1, 0.15) is 23.8 Å². The first-order valence-electron chi connectivity index (χ1n) is 4.71. The number of nitrogens with two attached hydrogens (primary N) is 1. The van der Waals surface area contributed by atoms with Gasteiger partial charge in [-0.3, -0.25) is 0 Å². The first-order chi connectivity index (χ1) is 7.06. The number of anilines is 1. The molecule has 0 fully saturated rings. The lowest BCUT2D eigenvalue weighted by Crippen LogP contribution is -2.20. The van der Waals surface area contributed by atoms with Gasteiger partial charge in [0.05, 0.1) is 6.10 Å². The van der Waals surface area contributed by atoms with Crippen molar-refractivity contribution in [2.24, 2.45) is 0 Å². The first-order valence-corrected chi connectivity index (χ1v) is 5.83. The van der Waals surface area contributed by atoms with Crippen molar-refractivity contribution >= 4 is 21.7 Å². The highest BCUT2D eigenvalue weighted by Gasteiger charge is 2.19. The Kier molecular flexibility index (Phi) is 4.50. The van der Waals surface area contributed by atoms with Crippen molar-refractivity contribution in [1.29, 1.82) is 0 Å². The minimum atomic E-state index is -0.907. The predicted octanol–water partition coefficient (Wildman–Crippen LogP) is 1.15. The van der Waals surface area contributed by atoms with Gasteiger partial charge in [-0.15, -0.1) is 0 Å². The number of rotatable bonds is 4. The predicted molar refractivity (Wildman–Crippen MR) is 62.8 cm³/mol. The zero-order valence-corrected chi connectivity index (χ0v) is 10.1. The number of aromatic nitrogens is 1. The van der Waals surface area contributed by atoms with Gasteiger partial charge >= 0.3 is 0 Å². The summed E-state index contributed by atoms with van der Waals surface area (Å²) in [5.41, 5.74) is 6.77. The average molecular weight is 275 g/mol. The van der Waals surface area contributed by atoms with Crippen molar-refractivity contribution in [2.75, 3.05) is 11.1 Å². The lowest BCUT2D eigenvalue weighted by atomic mass is 10.0. The molecule has 0 aromatic carbocycles. The lowest BCUT2D eigenvalue weighted by molar-refractivity contribution is 0.0168. The second-order valence-corrected chi connectivity index (χ2v) is 4.19. The largest absolute Gasteiger partial charge is 0.390 e. The number of alkyl halides is 1. The third kappa shape index (κ3) is 3.15. The molecule has 0 amide bonds. The van der Waals surface area contributed by atoms with Gasteiger partial charge in [-0.25, -0.2) is 4.98 Å². The molecule has 0 aliphatic rings. The number of aliphatic hydroxyl groups excluding tert-OH is 2. The summed E-state index contributed by atoms with van der Waals surface area (Å²) in [6.07, 6.45) is -1.20. The van der Waals surface area contributed by atoms with Gasteiger partial charge in [-0.1, -0.05) is 22.0 Å². The Balaban J connectivity index is 2.86. The summed E-state index contributed by atoms with van der Waals surface area (Å²) < 4.78 is 0. The second-order valence-electron chi connectivity index (χ2n) is 3.40. The van der Waals surface area contributed by atoms with Crippen LogP contribution in [0.3, 0.4) is 0 Å². The van der Waals surface area contributed by atoms with Gasteiger partial charge in [0.15, 0.2) is 0 Å². The normalized spacial score (nSPS) is 14.9. The van der Waals surface area contributed by atoms with Crippen molar-refractivity contribution in [2.45, 2.75) is 25.6 Å². The maximum Gasteiger partial charge on any atom is 0.123 e. The summed E-state index contributed by atoms with van der Waals surface area (Å²) in [5.74, 6) is 0.415. The monoisotopic (exact) mass is 274 g/mol. The smallest absolute Gasteiger partial charge is 0.123 e. The third-order valence-corrected chi connectivity index (χ3v) is 2.69. The molecule has 0 spiro atoms. The van der Waals surface area contributed by atoms with E-state index >= 15 is 0 Å². The Morgan fingerprint density at radius 3 is 2.67 bits per heavy atom. The second kappa shape index (κ2) is 5.44. The fourth-order valence-corrected chi connectivity index (χ4v) is 1.85. The molecule has 15 heavy (non-hydrogen) atoms. The van der Waals surface area contributed by atoms with Crippen LogP contribution in [0.5, 0.6) is 0 Å². The van der Waals surface area contributed by atoms with E-state index in [0.29, 0.717) is 28.8 Å². The molecule has 0 bridgehead atoms. The van der Waals surface area contributed by atoms with Crippen molar-refractivity contribution < 1.29 is 10.2 Å². The van der Waals surface area contributed by atoms with Crippen LogP contribution >= 0.6 is 15.9 Å². The molecule has 4 nitrogen and oxygen atoms in total. The number of nitrogens with zero attached hydrogens (tertiary/aromatic N) is 1. The highest BCUT2D eigenvalue weighted by Crippen LogP contribution is 2.22. The molecule has 1 aromatic heterocycles. The molecular weight excluding hydrogens is 260 g/mol. The van der Waals surface area contributed by atoms with Crippen LogP contribution in [0.25, 0.3) is 0 Å². The third-order valence-electron chi connectivity index (χ3n) is 2.24. The van der Waals surface area contributed by atoms with Gasteiger partial charge in [0.2, 0.25) is 0 Å². The minimum absolute atomic E-state index is 0.415. The quantitative estimate of drug-likeness (QED) is 0.720. The van der Waals surface area contributed by atoms with E-state index in [1.165, 1.54) is 0 Å². The number of nitrogen functional groups attached to an aromatic ring is 1. The van der Waals surface area contributed by atoms with E-state index in [0.717, 1.165) is 0 Å². The van der Waals surface area contributed by atoms with Crippen molar-refractivity contribution in [1.82, 2.24) is 4.98 Å². The Morgan fingerprint density at radius 1 is 1.47 bits per heavy atom. The number of hydrogen-bond donors (Lipinski definition) is 3. The molecule has 0 aliphatic heterocycles. The zero-order valence-electron chi connectivity index (χ0n) is 8.52. The van der Waals surface area contributed by atoms with Gasteiger partial charge < -0.3 is 15.9 Å². The zero-order chi connectivity index (χ0) is 11.4. The van der Waals surface area contributed by atoms with Gasteiger partial charge in [-0.2, -0.15) is 0 Å². The van der Waals surface area contributed by atoms with E-state index in [1.807, 2.05) is 0 Å². The molecule has 4 N–H and O–H groups in total. The van der Waals surface area contributed by atoms with Gasteiger partial charge in [0, 0.05) is 16.6 Å². The molecule has 0 saturated carbocycles. The molecule has 1 rings (SSSR count). The molecule has 0 saturated heterocycles.